The molecule has 1 fully saturated rings. The van der Waals surface area contributed by atoms with Crippen molar-refractivity contribution in [3.8, 4) is 0 Å². The first-order valence-corrected chi connectivity index (χ1v) is 7.69. The quantitative estimate of drug-likeness (QED) is 0.869. The van der Waals surface area contributed by atoms with E-state index in [9.17, 15) is 0 Å². The molecule has 1 aromatic rings. The highest BCUT2D eigenvalue weighted by molar-refractivity contribution is 5.07. The highest BCUT2D eigenvalue weighted by atomic mass is 16.5. The first kappa shape index (κ1) is 15.5. The van der Waals surface area contributed by atoms with Crippen molar-refractivity contribution < 1.29 is 9.15 Å². The van der Waals surface area contributed by atoms with Gasteiger partial charge >= 0.3 is 0 Å². The maximum atomic E-state index is 5.89. The van der Waals surface area contributed by atoms with E-state index >= 15 is 0 Å². The zero-order chi connectivity index (χ0) is 14.5. The Hall–Kier alpha value is -0.840. The largest absolute Gasteiger partial charge is 0.463 e. The van der Waals surface area contributed by atoms with Crippen LogP contribution >= 0.6 is 0 Å². The molecule has 1 aliphatic rings. The van der Waals surface area contributed by atoms with Crippen LogP contribution in [0.4, 0.5) is 0 Å². The SMILES string of the molecule is CC(C)CNCc1ccc(CN2C[C@@H](C)O[C@@H](C)C2)o1. The number of nitrogens with zero attached hydrogens (tertiary/aromatic N) is 1. The van der Waals surface area contributed by atoms with Gasteiger partial charge in [-0.3, -0.25) is 4.90 Å². The molecule has 114 valence electrons. The van der Waals surface area contributed by atoms with Crippen molar-refractivity contribution in [1.82, 2.24) is 10.2 Å². The maximum Gasteiger partial charge on any atom is 0.118 e. The zero-order valence-electron chi connectivity index (χ0n) is 13.2. The van der Waals surface area contributed by atoms with Gasteiger partial charge in [-0.2, -0.15) is 0 Å². The minimum Gasteiger partial charge on any atom is -0.463 e. The summed E-state index contributed by atoms with van der Waals surface area (Å²) in [6, 6.07) is 4.17. The topological polar surface area (TPSA) is 37.6 Å². The van der Waals surface area contributed by atoms with Crippen LogP contribution in [0, 0.1) is 5.92 Å². The Morgan fingerprint density at radius 3 is 2.50 bits per heavy atom. The van der Waals surface area contributed by atoms with E-state index in [0.29, 0.717) is 18.1 Å². The van der Waals surface area contributed by atoms with Crippen LogP contribution in [0.3, 0.4) is 0 Å². The van der Waals surface area contributed by atoms with E-state index in [4.69, 9.17) is 9.15 Å². The van der Waals surface area contributed by atoms with E-state index < -0.39 is 0 Å². The molecule has 1 saturated heterocycles. The lowest BCUT2D eigenvalue weighted by Crippen LogP contribution is -2.44. The minimum absolute atomic E-state index is 0.306. The van der Waals surface area contributed by atoms with Crippen LogP contribution in [-0.2, 0) is 17.8 Å². The van der Waals surface area contributed by atoms with Gasteiger partial charge in [0.1, 0.15) is 11.5 Å². The van der Waals surface area contributed by atoms with Gasteiger partial charge in [0, 0.05) is 13.1 Å². The van der Waals surface area contributed by atoms with Gasteiger partial charge in [-0.1, -0.05) is 13.8 Å². The molecule has 2 heterocycles. The molecule has 4 heteroatoms. The maximum absolute atomic E-state index is 5.89. The van der Waals surface area contributed by atoms with Crippen LogP contribution in [0.5, 0.6) is 0 Å². The average molecular weight is 280 g/mol. The molecule has 0 bridgehead atoms. The minimum atomic E-state index is 0.306. The lowest BCUT2D eigenvalue weighted by molar-refractivity contribution is -0.0718. The average Bonchev–Trinajstić information content (AvgIpc) is 2.74. The molecule has 1 aliphatic heterocycles. The normalized spacial score (nSPS) is 24.4. The van der Waals surface area contributed by atoms with Crippen molar-refractivity contribution in [3.05, 3.63) is 23.7 Å². The van der Waals surface area contributed by atoms with Gasteiger partial charge in [-0.05, 0) is 38.4 Å². The van der Waals surface area contributed by atoms with E-state index in [1.54, 1.807) is 0 Å². The predicted molar refractivity (Wildman–Crippen MR) is 80.5 cm³/mol. The molecule has 20 heavy (non-hydrogen) atoms. The monoisotopic (exact) mass is 280 g/mol. The van der Waals surface area contributed by atoms with Gasteiger partial charge < -0.3 is 14.5 Å². The Labute approximate surface area is 122 Å². The summed E-state index contributed by atoms with van der Waals surface area (Å²) in [5.41, 5.74) is 0. The molecule has 0 unspecified atom stereocenters. The smallest absolute Gasteiger partial charge is 0.118 e. The van der Waals surface area contributed by atoms with E-state index in [1.807, 2.05) is 0 Å². The second-order valence-corrected chi connectivity index (χ2v) is 6.34. The molecule has 0 aromatic carbocycles. The van der Waals surface area contributed by atoms with Crippen LogP contribution in [0.1, 0.15) is 39.2 Å². The van der Waals surface area contributed by atoms with Crippen molar-refractivity contribution in [2.24, 2.45) is 5.92 Å². The van der Waals surface area contributed by atoms with Crippen LogP contribution in [-0.4, -0.2) is 36.7 Å². The van der Waals surface area contributed by atoms with Crippen molar-refractivity contribution in [3.63, 3.8) is 0 Å². The summed E-state index contributed by atoms with van der Waals surface area (Å²) < 4.78 is 11.6. The summed E-state index contributed by atoms with van der Waals surface area (Å²) in [6.07, 6.45) is 0.613. The summed E-state index contributed by atoms with van der Waals surface area (Å²) in [5, 5.41) is 3.40. The van der Waals surface area contributed by atoms with E-state index in [2.05, 4.69) is 50.0 Å². The highest BCUT2D eigenvalue weighted by Gasteiger charge is 2.22. The molecule has 0 radical (unpaired) electrons. The van der Waals surface area contributed by atoms with Crippen molar-refractivity contribution in [1.29, 1.82) is 0 Å². The number of furan rings is 1. The fourth-order valence-corrected chi connectivity index (χ4v) is 2.72. The standard InChI is InChI=1S/C16H28N2O2/c1-12(2)7-17-8-15-5-6-16(20-15)11-18-9-13(3)19-14(4)10-18/h5-6,12-14,17H,7-11H2,1-4H3/t13-,14+. The first-order chi connectivity index (χ1) is 9.52. The summed E-state index contributed by atoms with van der Waals surface area (Å²) in [7, 11) is 0. The first-order valence-electron chi connectivity index (χ1n) is 7.69. The lowest BCUT2D eigenvalue weighted by Gasteiger charge is -2.34. The molecule has 0 spiro atoms. The van der Waals surface area contributed by atoms with Crippen molar-refractivity contribution in [2.75, 3.05) is 19.6 Å². The number of ether oxygens (including phenoxy) is 1. The number of morpholine rings is 1. The van der Waals surface area contributed by atoms with Gasteiger partial charge in [0.25, 0.3) is 0 Å². The summed E-state index contributed by atoms with van der Waals surface area (Å²) in [6.45, 7) is 13.4. The molecule has 2 rings (SSSR count). The van der Waals surface area contributed by atoms with Crippen LogP contribution in [0.25, 0.3) is 0 Å². The third kappa shape index (κ3) is 4.93. The Balaban J connectivity index is 1.80. The Morgan fingerprint density at radius 2 is 1.85 bits per heavy atom. The summed E-state index contributed by atoms with van der Waals surface area (Å²) >= 11 is 0. The second-order valence-electron chi connectivity index (χ2n) is 6.34. The van der Waals surface area contributed by atoms with Gasteiger partial charge in [0.2, 0.25) is 0 Å². The van der Waals surface area contributed by atoms with Gasteiger partial charge in [-0.15, -0.1) is 0 Å². The fraction of sp³-hybridized carbons (Fsp3) is 0.750. The number of hydrogen-bond acceptors (Lipinski definition) is 4. The van der Waals surface area contributed by atoms with Gasteiger partial charge in [0.05, 0.1) is 25.3 Å². The van der Waals surface area contributed by atoms with E-state index in [-0.39, 0.29) is 0 Å². The van der Waals surface area contributed by atoms with E-state index in [0.717, 1.165) is 44.2 Å². The molecule has 2 atom stereocenters. The number of rotatable bonds is 6. The summed E-state index contributed by atoms with van der Waals surface area (Å²) in [4.78, 5) is 2.41. The fourth-order valence-electron chi connectivity index (χ4n) is 2.72. The Bertz CT molecular complexity index is 393. The number of hydrogen-bond donors (Lipinski definition) is 1. The van der Waals surface area contributed by atoms with Crippen molar-refractivity contribution >= 4 is 0 Å². The Kier molecular flexibility index (Phi) is 5.64. The van der Waals surface area contributed by atoms with Crippen LogP contribution in [0.2, 0.25) is 0 Å². The molecule has 0 saturated carbocycles. The van der Waals surface area contributed by atoms with Crippen LogP contribution < -0.4 is 5.32 Å². The highest BCUT2D eigenvalue weighted by Crippen LogP contribution is 2.16. The van der Waals surface area contributed by atoms with Gasteiger partial charge in [0.15, 0.2) is 0 Å². The molecule has 1 aromatic heterocycles. The van der Waals surface area contributed by atoms with Crippen LogP contribution in [0.15, 0.2) is 16.5 Å². The second kappa shape index (κ2) is 7.25. The molecule has 1 N–H and O–H groups in total. The molecular weight excluding hydrogens is 252 g/mol. The summed E-state index contributed by atoms with van der Waals surface area (Å²) in [5.74, 6) is 2.74. The predicted octanol–water partition coefficient (Wildman–Crippen LogP) is 2.63. The third-order valence-corrected chi connectivity index (χ3v) is 3.44. The molecule has 4 nitrogen and oxygen atoms in total. The van der Waals surface area contributed by atoms with Gasteiger partial charge in [-0.25, -0.2) is 0 Å². The molecule has 0 aliphatic carbocycles. The van der Waals surface area contributed by atoms with E-state index in [1.165, 1.54) is 0 Å². The molecule has 0 amide bonds. The Morgan fingerprint density at radius 1 is 1.20 bits per heavy atom. The third-order valence-electron chi connectivity index (χ3n) is 3.44. The molecular formula is C16H28N2O2. The zero-order valence-corrected chi connectivity index (χ0v) is 13.2. The van der Waals surface area contributed by atoms with Crippen molar-refractivity contribution in [2.45, 2.75) is 53.0 Å². The number of nitrogens with one attached hydrogen (secondary N) is 1. The lowest BCUT2D eigenvalue weighted by atomic mass is 10.2.